The van der Waals surface area contributed by atoms with Crippen LogP contribution >= 0.6 is 0 Å². The first-order valence-electron chi connectivity index (χ1n) is 15.6. The largest absolute Gasteiger partial charge is 0.466 e. The van der Waals surface area contributed by atoms with Crippen LogP contribution in [-0.2, 0) is 19.1 Å². The third-order valence-corrected chi connectivity index (χ3v) is 7.58. The molecule has 0 saturated heterocycles. The zero-order valence-corrected chi connectivity index (χ0v) is 28.9. The molecule has 2 rings (SSSR count). The summed E-state index contributed by atoms with van der Waals surface area (Å²) in [6.45, 7) is 11.2. The van der Waals surface area contributed by atoms with Crippen molar-refractivity contribution < 1.29 is 41.1 Å². The van der Waals surface area contributed by atoms with E-state index in [9.17, 15) is 27.6 Å². The smallest absolute Gasteiger partial charge is 0.412 e. The molecule has 0 aromatic heterocycles. The molecule has 0 aliphatic heterocycles. The van der Waals surface area contributed by atoms with Crippen LogP contribution in [0.25, 0.3) is 11.1 Å². The summed E-state index contributed by atoms with van der Waals surface area (Å²) in [5.41, 5.74) is -0.0849. The minimum Gasteiger partial charge on any atom is -0.466 e. The number of hydrogen-bond donors (Lipinski definition) is 1. The van der Waals surface area contributed by atoms with Gasteiger partial charge in [-0.3, -0.25) is 19.4 Å². The molecule has 0 aliphatic carbocycles. The molecule has 0 heterocycles. The number of benzene rings is 2. The standard InChI is InChI=1S/C36H44F5N3O4/c1-10-14-24-18-26(31-22(6)15-13-16-23(31)7)34(38)32(33(24)37)27(20-30(46)48-12-3)42-35(47)28(17-21(4)5)44(43(8)9)29(45)19-25(11-2)36(39,40)41/h13,15-16,18-19,21,27-28H,11-12,17,20H2,1-9H3,(H,42,47)/b25-19+. The number of halogens is 5. The molecule has 0 radical (unpaired) electrons. The van der Waals surface area contributed by atoms with Crippen molar-refractivity contribution in [2.45, 2.75) is 86.0 Å². The number of alkyl halides is 3. The maximum Gasteiger partial charge on any atom is 0.412 e. The zero-order chi connectivity index (χ0) is 36.5. The molecule has 2 amide bonds. The normalized spacial score (nSPS) is 13.1. The van der Waals surface area contributed by atoms with Crippen molar-refractivity contribution in [1.82, 2.24) is 15.3 Å². The average Bonchev–Trinajstić information content (AvgIpc) is 2.96. The maximum absolute atomic E-state index is 16.7. The van der Waals surface area contributed by atoms with E-state index in [1.165, 1.54) is 39.0 Å². The summed E-state index contributed by atoms with van der Waals surface area (Å²) >= 11 is 0. The van der Waals surface area contributed by atoms with Crippen LogP contribution in [0.4, 0.5) is 22.0 Å². The van der Waals surface area contributed by atoms with Gasteiger partial charge in [-0.25, -0.2) is 13.8 Å². The third-order valence-electron chi connectivity index (χ3n) is 7.58. The Morgan fingerprint density at radius 1 is 1.04 bits per heavy atom. The Morgan fingerprint density at radius 2 is 1.65 bits per heavy atom. The molecule has 48 heavy (non-hydrogen) atoms. The first kappa shape index (κ1) is 39.9. The molecule has 2 atom stereocenters. The Balaban J connectivity index is 2.85. The second-order valence-electron chi connectivity index (χ2n) is 11.9. The highest BCUT2D eigenvalue weighted by molar-refractivity contribution is 5.93. The minimum atomic E-state index is -4.78. The molecule has 262 valence electrons. The van der Waals surface area contributed by atoms with Crippen molar-refractivity contribution in [3.63, 3.8) is 0 Å². The van der Waals surface area contributed by atoms with Crippen LogP contribution < -0.4 is 5.32 Å². The minimum absolute atomic E-state index is 0.00364. The lowest BCUT2D eigenvalue weighted by Gasteiger charge is -2.36. The summed E-state index contributed by atoms with van der Waals surface area (Å²) in [5, 5.41) is 4.57. The van der Waals surface area contributed by atoms with Gasteiger partial charge in [-0.2, -0.15) is 13.2 Å². The predicted molar refractivity (Wildman–Crippen MR) is 174 cm³/mol. The van der Waals surface area contributed by atoms with Gasteiger partial charge in [0.05, 0.1) is 24.6 Å². The molecule has 0 aliphatic rings. The first-order chi connectivity index (χ1) is 22.4. The summed E-state index contributed by atoms with van der Waals surface area (Å²) in [5.74, 6) is -0.102. The van der Waals surface area contributed by atoms with E-state index in [1.807, 2.05) is 0 Å². The van der Waals surface area contributed by atoms with Crippen LogP contribution in [0.5, 0.6) is 0 Å². The Kier molecular flexibility index (Phi) is 14.3. The van der Waals surface area contributed by atoms with Crippen molar-refractivity contribution in [3.05, 3.63) is 69.8 Å². The average molecular weight is 678 g/mol. The Morgan fingerprint density at radius 3 is 2.12 bits per heavy atom. The van der Waals surface area contributed by atoms with Crippen molar-refractivity contribution in [3.8, 4) is 23.0 Å². The molecule has 12 heteroatoms. The number of esters is 1. The fraction of sp³-hybridized carbons (Fsp3) is 0.472. The number of hydrazine groups is 1. The van der Waals surface area contributed by atoms with E-state index in [0.717, 1.165) is 5.01 Å². The fourth-order valence-corrected chi connectivity index (χ4v) is 5.48. The summed E-state index contributed by atoms with van der Waals surface area (Å²) < 4.78 is 78.7. The summed E-state index contributed by atoms with van der Waals surface area (Å²) in [6.07, 6.45) is -5.57. The molecule has 1 N–H and O–H groups in total. The third kappa shape index (κ3) is 9.89. The van der Waals surface area contributed by atoms with Gasteiger partial charge in [-0.1, -0.05) is 44.9 Å². The van der Waals surface area contributed by atoms with Crippen LogP contribution in [-0.4, -0.2) is 60.7 Å². The van der Waals surface area contributed by atoms with Gasteiger partial charge in [0.25, 0.3) is 5.91 Å². The van der Waals surface area contributed by atoms with Crippen LogP contribution in [0.3, 0.4) is 0 Å². The van der Waals surface area contributed by atoms with E-state index in [-0.39, 0.29) is 30.1 Å². The van der Waals surface area contributed by atoms with Crippen molar-refractivity contribution in [1.29, 1.82) is 0 Å². The van der Waals surface area contributed by atoms with Gasteiger partial charge in [-0.15, -0.1) is 5.92 Å². The summed E-state index contributed by atoms with van der Waals surface area (Å²) in [4.78, 5) is 40.3. The van der Waals surface area contributed by atoms with E-state index in [1.54, 1.807) is 52.8 Å². The first-order valence-corrected chi connectivity index (χ1v) is 15.6. The van der Waals surface area contributed by atoms with Crippen molar-refractivity contribution >= 4 is 17.8 Å². The lowest BCUT2D eigenvalue weighted by Crippen LogP contribution is -2.55. The van der Waals surface area contributed by atoms with E-state index in [4.69, 9.17) is 4.74 Å². The number of ether oxygens (including phenoxy) is 1. The zero-order valence-electron chi connectivity index (χ0n) is 28.9. The Bertz CT molecular complexity index is 1570. The molecule has 0 fully saturated rings. The number of nitrogens with zero attached hydrogens (tertiary/aromatic N) is 2. The van der Waals surface area contributed by atoms with Crippen LogP contribution in [0, 0.1) is 43.2 Å². The maximum atomic E-state index is 16.7. The molecular formula is C36H44F5N3O4. The fourth-order valence-electron chi connectivity index (χ4n) is 5.48. The van der Waals surface area contributed by atoms with Crippen LogP contribution in [0.15, 0.2) is 35.9 Å². The molecule has 2 aromatic rings. The predicted octanol–water partition coefficient (Wildman–Crippen LogP) is 7.35. The highest BCUT2D eigenvalue weighted by Crippen LogP contribution is 2.37. The van der Waals surface area contributed by atoms with E-state index in [0.29, 0.717) is 22.8 Å². The van der Waals surface area contributed by atoms with Gasteiger partial charge < -0.3 is 10.1 Å². The number of allylic oxidation sites excluding steroid dienone is 1. The summed E-state index contributed by atoms with van der Waals surface area (Å²) in [7, 11) is 2.76. The van der Waals surface area contributed by atoms with Gasteiger partial charge in [-0.05, 0) is 69.2 Å². The Hall–Kier alpha value is -4.24. The lowest BCUT2D eigenvalue weighted by molar-refractivity contribution is -0.154. The molecular weight excluding hydrogens is 633 g/mol. The van der Waals surface area contributed by atoms with Gasteiger partial charge >= 0.3 is 12.1 Å². The molecule has 2 unspecified atom stereocenters. The van der Waals surface area contributed by atoms with E-state index < -0.39 is 71.7 Å². The Labute approximate surface area is 279 Å². The van der Waals surface area contributed by atoms with E-state index in [2.05, 4.69) is 17.2 Å². The molecule has 2 aromatic carbocycles. The number of hydrogen-bond acceptors (Lipinski definition) is 5. The molecule has 0 saturated carbocycles. The number of aryl methyl sites for hydroxylation is 2. The highest BCUT2D eigenvalue weighted by Gasteiger charge is 2.38. The molecule has 0 bridgehead atoms. The lowest BCUT2D eigenvalue weighted by atomic mass is 9.89. The summed E-state index contributed by atoms with van der Waals surface area (Å²) in [6, 6.07) is 3.50. The van der Waals surface area contributed by atoms with Gasteiger partial charge in [0.1, 0.15) is 17.7 Å². The van der Waals surface area contributed by atoms with E-state index >= 15 is 8.78 Å². The molecule has 0 spiro atoms. The second kappa shape index (κ2) is 17.2. The molecule has 7 nitrogen and oxygen atoms in total. The van der Waals surface area contributed by atoms with Gasteiger partial charge in [0, 0.05) is 36.9 Å². The highest BCUT2D eigenvalue weighted by atomic mass is 19.4. The SMILES string of the molecule is CC#Cc1cc(-c2c(C)cccc2C)c(F)c(C(CC(=O)OCC)NC(=O)C(CC(C)C)N(C(=O)/C=C(\CC)C(F)(F)F)N(C)C)c1F. The number of carbonyl (C=O) groups excluding carboxylic acids is 3. The monoisotopic (exact) mass is 677 g/mol. The number of amides is 2. The quantitative estimate of drug-likeness (QED) is 0.0789. The van der Waals surface area contributed by atoms with Crippen molar-refractivity contribution in [2.75, 3.05) is 20.7 Å². The van der Waals surface area contributed by atoms with Gasteiger partial charge in [0.15, 0.2) is 0 Å². The topological polar surface area (TPSA) is 79.0 Å². The van der Waals surface area contributed by atoms with Crippen LogP contribution in [0.2, 0.25) is 0 Å². The number of nitrogens with one attached hydrogen (secondary N) is 1. The van der Waals surface area contributed by atoms with Gasteiger partial charge in [0.2, 0.25) is 5.91 Å². The number of carbonyl (C=O) groups is 3. The number of rotatable bonds is 13. The van der Waals surface area contributed by atoms with Crippen molar-refractivity contribution in [2.24, 2.45) is 5.92 Å². The second-order valence-corrected chi connectivity index (χ2v) is 11.9. The van der Waals surface area contributed by atoms with Crippen LogP contribution in [0.1, 0.15) is 82.2 Å².